The standard InChI is InChI=1S/C11H11ClN2O3/c1-7(15)11-13-10(17-14-11)6-16-9-4-2-8(12)3-5-9/h2-5,7,15H,6H2,1H3. The van der Waals surface area contributed by atoms with Crippen LogP contribution in [0.2, 0.25) is 5.02 Å². The van der Waals surface area contributed by atoms with Gasteiger partial charge in [-0.3, -0.25) is 0 Å². The fourth-order valence-corrected chi connectivity index (χ4v) is 1.30. The summed E-state index contributed by atoms with van der Waals surface area (Å²) in [5, 5.41) is 13.5. The number of aliphatic hydroxyl groups excluding tert-OH is 1. The lowest BCUT2D eigenvalue weighted by Gasteiger charge is -2.02. The molecule has 2 aromatic rings. The van der Waals surface area contributed by atoms with Crippen LogP contribution in [0.1, 0.15) is 24.7 Å². The molecule has 0 saturated carbocycles. The van der Waals surface area contributed by atoms with Gasteiger partial charge in [-0.15, -0.1) is 0 Å². The lowest BCUT2D eigenvalue weighted by Crippen LogP contribution is -1.97. The Bertz CT molecular complexity index is 482. The van der Waals surface area contributed by atoms with Crippen LogP contribution in [0, 0.1) is 0 Å². The van der Waals surface area contributed by atoms with Gasteiger partial charge in [-0.2, -0.15) is 4.98 Å². The van der Waals surface area contributed by atoms with Crippen LogP contribution in [0.4, 0.5) is 0 Å². The van der Waals surface area contributed by atoms with Crippen molar-refractivity contribution >= 4 is 11.6 Å². The summed E-state index contributed by atoms with van der Waals surface area (Å²) in [7, 11) is 0. The Hall–Kier alpha value is -1.59. The fourth-order valence-electron chi connectivity index (χ4n) is 1.17. The highest BCUT2D eigenvalue weighted by atomic mass is 35.5. The van der Waals surface area contributed by atoms with E-state index in [2.05, 4.69) is 10.1 Å². The first kappa shape index (κ1) is 11.9. The summed E-state index contributed by atoms with van der Waals surface area (Å²) >= 11 is 5.74. The maximum absolute atomic E-state index is 9.21. The van der Waals surface area contributed by atoms with Crippen molar-refractivity contribution < 1.29 is 14.4 Å². The molecule has 0 radical (unpaired) electrons. The van der Waals surface area contributed by atoms with E-state index in [9.17, 15) is 5.11 Å². The summed E-state index contributed by atoms with van der Waals surface area (Å²) < 4.78 is 10.3. The summed E-state index contributed by atoms with van der Waals surface area (Å²) in [4.78, 5) is 3.96. The molecule has 0 aliphatic heterocycles. The molecule has 5 nitrogen and oxygen atoms in total. The van der Waals surface area contributed by atoms with Crippen molar-refractivity contribution in [3.05, 3.63) is 41.0 Å². The summed E-state index contributed by atoms with van der Waals surface area (Å²) in [5.74, 6) is 1.22. The number of rotatable bonds is 4. The van der Waals surface area contributed by atoms with Crippen molar-refractivity contribution in [2.24, 2.45) is 0 Å². The number of hydrogen-bond donors (Lipinski definition) is 1. The van der Waals surface area contributed by atoms with Crippen LogP contribution in [0.25, 0.3) is 0 Å². The first-order valence-electron chi connectivity index (χ1n) is 5.04. The molecule has 1 aromatic carbocycles. The van der Waals surface area contributed by atoms with Gasteiger partial charge < -0.3 is 14.4 Å². The maximum Gasteiger partial charge on any atom is 0.264 e. The maximum atomic E-state index is 9.21. The molecule has 0 fully saturated rings. The lowest BCUT2D eigenvalue weighted by molar-refractivity contribution is 0.183. The molecule has 1 aromatic heterocycles. The molecule has 6 heteroatoms. The van der Waals surface area contributed by atoms with Gasteiger partial charge in [0.25, 0.3) is 5.89 Å². The van der Waals surface area contributed by atoms with Crippen LogP contribution < -0.4 is 4.74 Å². The molecule has 0 amide bonds. The predicted molar refractivity (Wildman–Crippen MR) is 60.7 cm³/mol. The van der Waals surface area contributed by atoms with Crippen LogP contribution >= 0.6 is 11.6 Å². The fraction of sp³-hybridized carbons (Fsp3) is 0.273. The molecule has 0 saturated heterocycles. The Labute approximate surface area is 103 Å². The molecule has 17 heavy (non-hydrogen) atoms. The summed E-state index contributed by atoms with van der Waals surface area (Å²) in [6.07, 6.45) is -0.747. The summed E-state index contributed by atoms with van der Waals surface area (Å²) in [6.45, 7) is 1.72. The van der Waals surface area contributed by atoms with Crippen LogP contribution in [0.5, 0.6) is 5.75 Å². The molecule has 0 spiro atoms. The quantitative estimate of drug-likeness (QED) is 0.907. The topological polar surface area (TPSA) is 68.4 Å². The molecular formula is C11H11ClN2O3. The third kappa shape index (κ3) is 3.18. The third-order valence-electron chi connectivity index (χ3n) is 2.03. The average molecular weight is 255 g/mol. The minimum atomic E-state index is -0.747. The van der Waals surface area contributed by atoms with E-state index in [1.807, 2.05) is 0 Å². The Morgan fingerprint density at radius 2 is 2.12 bits per heavy atom. The first-order valence-corrected chi connectivity index (χ1v) is 5.42. The van der Waals surface area contributed by atoms with Gasteiger partial charge >= 0.3 is 0 Å². The third-order valence-corrected chi connectivity index (χ3v) is 2.29. The van der Waals surface area contributed by atoms with Crippen molar-refractivity contribution in [1.82, 2.24) is 10.1 Å². The van der Waals surface area contributed by atoms with E-state index in [-0.39, 0.29) is 12.4 Å². The van der Waals surface area contributed by atoms with Crippen molar-refractivity contribution in [2.75, 3.05) is 0 Å². The van der Waals surface area contributed by atoms with Gasteiger partial charge in [0.1, 0.15) is 11.9 Å². The van der Waals surface area contributed by atoms with Crippen LogP contribution in [-0.2, 0) is 6.61 Å². The van der Waals surface area contributed by atoms with Gasteiger partial charge in [0, 0.05) is 5.02 Å². The number of benzene rings is 1. The van der Waals surface area contributed by atoms with Gasteiger partial charge in [-0.25, -0.2) is 0 Å². The molecule has 0 aliphatic rings. The molecule has 90 valence electrons. The van der Waals surface area contributed by atoms with Crippen molar-refractivity contribution in [3.63, 3.8) is 0 Å². The largest absolute Gasteiger partial charge is 0.484 e. The number of aliphatic hydroxyl groups is 1. The molecule has 0 aliphatic carbocycles. The van der Waals surface area contributed by atoms with E-state index >= 15 is 0 Å². The number of nitrogens with zero attached hydrogens (tertiary/aromatic N) is 2. The lowest BCUT2D eigenvalue weighted by atomic mass is 10.3. The van der Waals surface area contributed by atoms with Crippen LogP contribution in [-0.4, -0.2) is 15.2 Å². The molecule has 2 rings (SSSR count). The van der Waals surface area contributed by atoms with E-state index in [4.69, 9.17) is 20.9 Å². The van der Waals surface area contributed by atoms with E-state index in [0.29, 0.717) is 16.7 Å². The number of hydrogen-bond acceptors (Lipinski definition) is 5. The van der Waals surface area contributed by atoms with E-state index in [1.54, 1.807) is 31.2 Å². The first-order chi connectivity index (χ1) is 8.15. The highest BCUT2D eigenvalue weighted by Crippen LogP contribution is 2.17. The molecule has 0 bridgehead atoms. The second-order valence-electron chi connectivity index (χ2n) is 3.46. The zero-order valence-corrected chi connectivity index (χ0v) is 9.89. The van der Waals surface area contributed by atoms with Gasteiger partial charge in [0.2, 0.25) is 0 Å². The number of halogens is 1. The number of ether oxygens (including phenoxy) is 1. The Morgan fingerprint density at radius 1 is 1.41 bits per heavy atom. The highest BCUT2D eigenvalue weighted by Gasteiger charge is 2.10. The summed E-state index contributed by atoms with van der Waals surface area (Å²) in [6, 6.07) is 6.94. The highest BCUT2D eigenvalue weighted by molar-refractivity contribution is 6.30. The van der Waals surface area contributed by atoms with Crippen molar-refractivity contribution in [1.29, 1.82) is 0 Å². The van der Waals surface area contributed by atoms with Crippen LogP contribution in [0.3, 0.4) is 0 Å². The van der Waals surface area contributed by atoms with Gasteiger partial charge in [-0.1, -0.05) is 16.8 Å². The molecule has 1 unspecified atom stereocenters. The van der Waals surface area contributed by atoms with Gasteiger partial charge in [0.15, 0.2) is 12.4 Å². The minimum absolute atomic E-state index is 0.154. The molecular weight excluding hydrogens is 244 g/mol. The van der Waals surface area contributed by atoms with Gasteiger partial charge in [0.05, 0.1) is 0 Å². The number of aromatic nitrogens is 2. The summed E-state index contributed by atoms with van der Waals surface area (Å²) in [5.41, 5.74) is 0. The van der Waals surface area contributed by atoms with E-state index in [1.165, 1.54) is 0 Å². The average Bonchev–Trinajstić information content (AvgIpc) is 2.77. The normalized spacial score (nSPS) is 12.4. The van der Waals surface area contributed by atoms with Gasteiger partial charge in [-0.05, 0) is 31.2 Å². The Kier molecular flexibility index (Phi) is 3.61. The molecule has 1 atom stereocenters. The second-order valence-corrected chi connectivity index (χ2v) is 3.90. The monoisotopic (exact) mass is 254 g/mol. The van der Waals surface area contributed by atoms with Crippen LogP contribution in [0.15, 0.2) is 28.8 Å². The Morgan fingerprint density at radius 3 is 2.71 bits per heavy atom. The molecule has 1 N–H and O–H groups in total. The zero-order valence-electron chi connectivity index (χ0n) is 9.13. The predicted octanol–water partition coefficient (Wildman–Crippen LogP) is 2.36. The van der Waals surface area contributed by atoms with Crippen molar-refractivity contribution in [2.45, 2.75) is 19.6 Å². The Balaban J connectivity index is 1.95. The second kappa shape index (κ2) is 5.16. The molecule has 1 heterocycles. The smallest absolute Gasteiger partial charge is 0.264 e. The zero-order chi connectivity index (χ0) is 12.3. The van der Waals surface area contributed by atoms with E-state index in [0.717, 1.165) is 0 Å². The minimum Gasteiger partial charge on any atom is -0.484 e. The SMILES string of the molecule is CC(O)c1noc(COc2ccc(Cl)cc2)n1. The van der Waals surface area contributed by atoms with E-state index < -0.39 is 6.10 Å². The van der Waals surface area contributed by atoms with Crippen molar-refractivity contribution in [3.8, 4) is 5.75 Å².